The van der Waals surface area contributed by atoms with Crippen molar-refractivity contribution in [3.05, 3.63) is 59.5 Å². The van der Waals surface area contributed by atoms with Gasteiger partial charge in [0.25, 0.3) is 5.91 Å². The van der Waals surface area contributed by atoms with Gasteiger partial charge in [-0.25, -0.2) is 4.98 Å². The molecule has 0 aliphatic carbocycles. The predicted molar refractivity (Wildman–Crippen MR) is 109 cm³/mol. The minimum absolute atomic E-state index is 0.243. The average molecular weight is 382 g/mol. The van der Waals surface area contributed by atoms with E-state index >= 15 is 0 Å². The van der Waals surface area contributed by atoms with Gasteiger partial charge in [0, 0.05) is 10.9 Å². The van der Waals surface area contributed by atoms with Crippen LogP contribution in [0.3, 0.4) is 0 Å². The Kier molecular flexibility index (Phi) is 6.44. The van der Waals surface area contributed by atoms with Crippen LogP contribution in [-0.2, 0) is 0 Å². The van der Waals surface area contributed by atoms with Crippen molar-refractivity contribution in [2.75, 3.05) is 19.0 Å². The number of benzene rings is 2. The number of hydrogen-bond acceptors (Lipinski definition) is 5. The van der Waals surface area contributed by atoms with Crippen LogP contribution in [0.1, 0.15) is 30.1 Å². The van der Waals surface area contributed by atoms with Crippen LogP contribution in [-0.4, -0.2) is 24.6 Å². The van der Waals surface area contributed by atoms with E-state index in [0.29, 0.717) is 16.4 Å². The number of nitrogens with zero attached hydrogens (tertiary/aromatic N) is 1. The summed E-state index contributed by atoms with van der Waals surface area (Å²) < 4.78 is 10.9. The number of nitrogens with one attached hydrogen (secondary N) is 1. The second-order valence-corrected chi connectivity index (χ2v) is 6.78. The first-order valence-electron chi connectivity index (χ1n) is 8.84. The summed E-state index contributed by atoms with van der Waals surface area (Å²) in [5, 5.41) is 5.30. The lowest BCUT2D eigenvalue weighted by atomic mass is 10.2. The molecule has 140 valence electrons. The van der Waals surface area contributed by atoms with Crippen LogP contribution in [0, 0.1) is 0 Å². The lowest BCUT2D eigenvalue weighted by Gasteiger charge is -2.07. The molecule has 1 aromatic heterocycles. The monoisotopic (exact) mass is 382 g/mol. The van der Waals surface area contributed by atoms with E-state index in [0.717, 1.165) is 36.5 Å². The highest BCUT2D eigenvalue weighted by Gasteiger charge is 2.14. The Bertz CT molecular complexity index is 890. The third-order valence-corrected chi connectivity index (χ3v) is 4.75. The van der Waals surface area contributed by atoms with Crippen LogP contribution in [0.25, 0.3) is 11.3 Å². The third kappa shape index (κ3) is 4.86. The molecule has 2 aromatic carbocycles. The van der Waals surface area contributed by atoms with Gasteiger partial charge in [0.1, 0.15) is 11.5 Å². The van der Waals surface area contributed by atoms with Crippen molar-refractivity contribution in [2.24, 2.45) is 0 Å². The number of anilines is 1. The summed E-state index contributed by atoms with van der Waals surface area (Å²) in [7, 11) is 1.54. The Morgan fingerprint density at radius 1 is 1.15 bits per heavy atom. The van der Waals surface area contributed by atoms with Crippen molar-refractivity contribution in [3.63, 3.8) is 0 Å². The lowest BCUT2D eigenvalue weighted by Crippen LogP contribution is -2.12. The maximum Gasteiger partial charge on any atom is 0.261 e. The van der Waals surface area contributed by atoms with E-state index in [2.05, 4.69) is 17.2 Å². The van der Waals surface area contributed by atoms with Gasteiger partial charge in [-0.3, -0.25) is 10.1 Å². The molecule has 0 fully saturated rings. The SMILES string of the molecule is CCCCOc1ccc(-c2csc(NC(=O)c3ccccc3OC)n2)cc1. The molecule has 3 aromatic rings. The van der Waals surface area contributed by atoms with Crippen LogP contribution in [0.4, 0.5) is 5.13 Å². The first-order valence-corrected chi connectivity index (χ1v) is 9.72. The molecule has 0 saturated heterocycles. The topological polar surface area (TPSA) is 60.5 Å². The molecule has 5 nitrogen and oxygen atoms in total. The minimum atomic E-state index is -0.243. The normalized spacial score (nSPS) is 10.4. The number of para-hydroxylation sites is 1. The molecule has 3 rings (SSSR count). The van der Waals surface area contributed by atoms with Crippen molar-refractivity contribution in [3.8, 4) is 22.8 Å². The van der Waals surface area contributed by atoms with Gasteiger partial charge in [-0.2, -0.15) is 0 Å². The van der Waals surface area contributed by atoms with Gasteiger partial charge < -0.3 is 9.47 Å². The Balaban J connectivity index is 1.67. The van der Waals surface area contributed by atoms with E-state index in [4.69, 9.17) is 9.47 Å². The highest BCUT2D eigenvalue weighted by Crippen LogP contribution is 2.27. The van der Waals surface area contributed by atoms with Gasteiger partial charge in [-0.1, -0.05) is 25.5 Å². The van der Waals surface area contributed by atoms with E-state index in [1.165, 1.54) is 11.3 Å². The zero-order valence-electron chi connectivity index (χ0n) is 15.4. The lowest BCUT2D eigenvalue weighted by molar-refractivity contribution is 0.102. The van der Waals surface area contributed by atoms with Gasteiger partial charge in [0.15, 0.2) is 5.13 Å². The van der Waals surface area contributed by atoms with Gasteiger partial charge in [-0.15, -0.1) is 11.3 Å². The number of unbranched alkanes of at least 4 members (excludes halogenated alkanes) is 1. The Labute approximate surface area is 163 Å². The van der Waals surface area contributed by atoms with Crippen molar-refractivity contribution in [1.82, 2.24) is 4.98 Å². The largest absolute Gasteiger partial charge is 0.496 e. The number of hydrogen-bond donors (Lipinski definition) is 1. The molecule has 0 spiro atoms. The van der Waals surface area contributed by atoms with E-state index in [1.807, 2.05) is 35.7 Å². The number of methoxy groups -OCH3 is 1. The first-order chi connectivity index (χ1) is 13.2. The molecule has 1 heterocycles. The van der Waals surface area contributed by atoms with Crippen LogP contribution in [0.5, 0.6) is 11.5 Å². The fourth-order valence-corrected chi connectivity index (χ4v) is 3.23. The number of amides is 1. The molecule has 0 unspecified atom stereocenters. The molecule has 0 bridgehead atoms. The molecule has 0 aliphatic rings. The van der Waals surface area contributed by atoms with Crippen LogP contribution < -0.4 is 14.8 Å². The van der Waals surface area contributed by atoms with Crippen LogP contribution in [0.2, 0.25) is 0 Å². The molecular weight excluding hydrogens is 360 g/mol. The minimum Gasteiger partial charge on any atom is -0.496 e. The molecule has 1 amide bonds. The predicted octanol–water partition coefficient (Wildman–Crippen LogP) is 5.25. The van der Waals surface area contributed by atoms with Crippen molar-refractivity contribution < 1.29 is 14.3 Å². The van der Waals surface area contributed by atoms with Gasteiger partial charge >= 0.3 is 0 Å². The number of rotatable bonds is 8. The molecule has 27 heavy (non-hydrogen) atoms. The summed E-state index contributed by atoms with van der Waals surface area (Å²) in [6.07, 6.45) is 2.16. The van der Waals surface area contributed by atoms with E-state index < -0.39 is 0 Å². The second-order valence-electron chi connectivity index (χ2n) is 5.92. The van der Waals surface area contributed by atoms with E-state index in [-0.39, 0.29) is 5.91 Å². The van der Waals surface area contributed by atoms with Crippen molar-refractivity contribution >= 4 is 22.4 Å². The number of carbonyl (C=O) groups excluding carboxylic acids is 1. The maximum atomic E-state index is 12.5. The second kappa shape index (κ2) is 9.19. The number of ether oxygens (including phenoxy) is 2. The summed E-state index contributed by atoms with van der Waals surface area (Å²) in [6.45, 7) is 2.87. The van der Waals surface area contributed by atoms with E-state index in [1.54, 1.807) is 25.3 Å². The molecule has 0 radical (unpaired) electrons. The molecule has 0 aliphatic heterocycles. The Hall–Kier alpha value is -2.86. The molecule has 0 saturated carbocycles. The summed E-state index contributed by atoms with van der Waals surface area (Å²) in [6, 6.07) is 14.9. The number of thiazole rings is 1. The maximum absolute atomic E-state index is 12.5. The summed E-state index contributed by atoms with van der Waals surface area (Å²) >= 11 is 1.39. The smallest absolute Gasteiger partial charge is 0.261 e. The van der Waals surface area contributed by atoms with Gasteiger partial charge in [0.2, 0.25) is 0 Å². The van der Waals surface area contributed by atoms with Gasteiger partial charge in [-0.05, 0) is 42.8 Å². The summed E-state index contributed by atoms with van der Waals surface area (Å²) in [5.41, 5.74) is 2.27. The average Bonchev–Trinajstić information content (AvgIpc) is 3.17. The molecule has 1 N–H and O–H groups in total. The molecular formula is C21H22N2O3S. The van der Waals surface area contributed by atoms with E-state index in [9.17, 15) is 4.79 Å². The molecule has 6 heteroatoms. The van der Waals surface area contributed by atoms with Crippen molar-refractivity contribution in [2.45, 2.75) is 19.8 Å². The number of aromatic nitrogens is 1. The Morgan fingerprint density at radius 2 is 1.93 bits per heavy atom. The van der Waals surface area contributed by atoms with Crippen LogP contribution in [0.15, 0.2) is 53.9 Å². The summed E-state index contributed by atoms with van der Waals surface area (Å²) in [4.78, 5) is 17.0. The standard InChI is InChI=1S/C21H22N2O3S/c1-3-4-13-26-16-11-9-15(10-12-16)18-14-27-21(22-18)23-20(24)17-7-5-6-8-19(17)25-2/h5-12,14H,3-4,13H2,1-2H3,(H,22,23,24). The first kappa shape index (κ1) is 18.9. The number of carbonyl (C=O) groups is 1. The fourth-order valence-electron chi connectivity index (χ4n) is 2.52. The fraction of sp³-hybridized carbons (Fsp3) is 0.238. The van der Waals surface area contributed by atoms with Crippen molar-refractivity contribution in [1.29, 1.82) is 0 Å². The summed E-state index contributed by atoms with van der Waals surface area (Å²) in [5.74, 6) is 1.14. The highest BCUT2D eigenvalue weighted by molar-refractivity contribution is 7.14. The third-order valence-electron chi connectivity index (χ3n) is 3.99. The zero-order valence-corrected chi connectivity index (χ0v) is 16.2. The highest BCUT2D eigenvalue weighted by atomic mass is 32.1. The quantitative estimate of drug-likeness (QED) is 0.541. The Morgan fingerprint density at radius 3 is 2.67 bits per heavy atom. The molecule has 0 atom stereocenters. The zero-order chi connectivity index (χ0) is 19.1. The van der Waals surface area contributed by atoms with Gasteiger partial charge in [0.05, 0.1) is 25.0 Å². The van der Waals surface area contributed by atoms with Crippen LogP contribution >= 0.6 is 11.3 Å².